The van der Waals surface area contributed by atoms with Crippen LogP contribution in [0.15, 0.2) is 91.1 Å². The lowest BCUT2D eigenvalue weighted by Crippen LogP contribution is -2.24. The van der Waals surface area contributed by atoms with E-state index in [-0.39, 0.29) is 18.1 Å². The van der Waals surface area contributed by atoms with E-state index in [2.05, 4.69) is 36.7 Å². The summed E-state index contributed by atoms with van der Waals surface area (Å²) in [6, 6.07) is 16.4. The molecule has 2 rings (SSSR count). The Hall–Kier alpha value is -3.97. The van der Waals surface area contributed by atoms with E-state index in [1.54, 1.807) is 12.1 Å². The molecule has 7 heteroatoms. The maximum absolute atomic E-state index is 11.9. The smallest absolute Gasteiger partial charge is 0.335 e. The normalized spacial score (nSPS) is 11.0. The number of carboxylic acid groups (broad SMARTS) is 1. The number of hydrogen-bond acceptors (Lipinski definition) is 5. The molecule has 0 spiro atoms. The Balaban J connectivity index is 0.00000105. The van der Waals surface area contributed by atoms with Gasteiger partial charge >= 0.3 is 5.97 Å². The first kappa shape index (κ1) is 36.0. The van der Waals surface area contributed by atoms with Gasteiger partial charge in [0.15, 0.2) is 0 Å². The maximum Gasteiger partial charge on any atom is 0.335 e. The lowest BCUT2D eigenvalue weighted by atomic mass is 9.96. The summed E-state index contributed by atoms with van der Waals surface area (Å²) in [5, 5.41) is 8.91. The molecule has 0 heterocycles. The van der Waals surface area contributed by atoms with Crippen molar-refractivity contribution in [1.82, 2.24) is 5.48 Å². The summed E-state index contributed by atoms with van der Waals surface area (Å²) in [5.41, 5.74) is 5.57. The Morgan fingerprint density at radius 2 is 1.70 bits per heavy atom. The van der Waals surface area contributed by atoms with E-state index < -0.39 is 5.97 Å². The molecule has 2 aromatic rings. The molecule has 2 aromatic carbocycles. The first-order valence-corrected chi connectivity index (χ1v) is 13.7. The first-order valence-electron chi connectivity index (χ1n) is 13.7. The summed E-state index contributed by atoms with van der Waals surface area (Å²) in [7, 11) is 0. The van der Waals surface area contributed by atoms with Crippen molar-refractivity contribution in [3.8, 4) is 0 Å². The second kappa shape index (κ2) is 24.1. The Bertz CT molecular complexity index is 1030. The van der Waals surface area contributed by atoms with Crippen molar-refractivity contribution in [3.05, 3.63) is 108 Å². The highest BCUT2D eigenvalue weighted by Crippen LogP contribution is 2.14. The molecule has 2 N–H and O–H groups in total. The zero-order chi connectivity index (χ0) is 30.0. The molecule has 1 unspecified atom stereocenters. The highest BCUT2D eigenvalue weighted by Gasteiger charge is 2.09. The highest BCUT2D eigenvalue weighted by atomic mass is 16.6. The van der Waals surface area contributed by atoms with Gasteiger partial charge in [0, 0.05) is 6.42 Å². The number of aromatic carboxylic acids is 1. The van der Waals surface area contributed by atoms with Crippen LogP contribution in [0, 0.1) is 5.92 Å². The van der Waals surface area contributed by atoms with Gasteiger partial charge in [0.05, 0.1) is 12.2 Å². The average Bonchev–Trinajstić information content (AvgIpc) is 2.97. The van der Waals surface area contributed by atoms with E-state index in [4.69, 9.17) is 9.94 Å². The van der Waals surface area contributed by atoms with Crippen LogP contribution in [0.25, 0.3) is 0 Å². The van der Waals surface area contributed by atoms with Crippen LogP contribution in [-0.2, 0) is 32.2 Å². The fourth-order valence-corrected chi connectivity index (χ4v) is 3.21. The highest BCUT2D eigenvalue weighted by molar-refractivity contribution is 5.87. The number of carbonyl (C=O) groups excluding carboxylic acids is 2. The van der Waals surface area contributed by atoms with Gasteiger partial charge in [0.2, 0.25) is 5.91 Å². The van der Waals surface area contributed by atoms with Crippen molar-refractivity contribution in [3.63, 3.8) is 0 Å². The van der Waals surface area contributed by atoms with E-state index in [1.165, 1.54) is 0 Å². The molecular weight excluding hydrogens is 506 g/mol. The number of amides is 1. The molecule has 1 amide bonds. The minimum absolute atomic E-state index is 0.160. The number of rotatable bonds is 16. The molecule has 0 saturated heterocycles. The summed E-state index contributed by atoms with van der Waals surface area (Å²) >= 11 is 0. The van der Waals surface area contributed by atoms with Crippen molar-refractivity contribution in [2.24, 2.45) is 5.92 Å². The molecule has 40 heavy (non-hydrogen) atoms. The van der Waals surface area contributed by atoms with Gasteiger partial charge in [0.1, 0.15) is 6.61 Å². The van der Waals surface area contributed by atoms with Gasteiger partial charge < -0.3 is 9.84 Å². The molecule has 7 nitrogen and oxygen atoms in total. The average molecular weight is 552 g/mol. The zero-order valence-corrected chi connectivity index (χ0v) is 24.3. The molecule has 0 fully saturated rings. The minimum atomic E-state index is -0.928. The van der Waals surface area contributed by atoms with Crippen LogP contribution < -0.4 is 5.48 Å². The fraction of sp³-hybridized carbons (Fsp3) is 0.364. The maximum atomic E-state index is 11.9. The molecule has 0 radical (unpaired) electrons. The standard InChI is InChI=1S/C23H31NO4.C8H8O2.C2H6/c1-4-5-6-7-8-9-19(3)17-28-24-22(25)15-10-18(2)16-20-11-13-21(14-12-20)23(26)27;9-7-10-6-8-4-2-1-3-5-8;1-2/h6-9,11-14,18H,3-5,10,15-17H2,1-2H3,(H,24,25)(H,26,27);1-5,7H,6H2;1-2H3/b7-6-,9-8-;;. The lowest BCUT2D eigenvalue weighted by molar-refractivity contribution is -0.133. The number of allylic oxidation sites excluding steroid dienone is 3. The molecule has 0 aliphatic carbocycles. The number of carboxylic acids is 1. The van der Waals surface area contributed by atoms with Gasteiger partial charge in [-0.25, -0.2) is 10.3 Å². The van der Waals surface area contributed by atoms with Gasteiger partial charge in [-0.3, -0.25) is 14.4 Å². The van der Waals surface area contributed by atoms with Crippen LogP contribution in [0.3, 0.4) is 0 Å². The number of carbonyl (C=O) groups is 3. The third-order valence-corrected chi connectivity index (χ3v) is 5.29. The number of nitrogens with one attached hydrogen (secondary N) is 1. The Kier molecular flexibility index (Phi) is 21.7. The van der Waals surface area contributed by atoms with Crippen molar-refractivity contribution in [2.75, 3.05) is 6.61 Å². The molecule has 0 aromatic heterocycles. The number of hydroxylamine groups is 1. The quantitative estimate of drug-likeness (QED) is 0.129. The van der Waals surface area contributed by atoms with E-state index in [0.29, 0.717) is 25.4 Å². The van der Waals surface area contributed by atoms with E-state index in [1.807, 2.05) is 74.5 Å². The van der Waals surface area contributed by atoms with E-state index in [9.17, 15) is 14.4 Å². The topological polar surface area (TPSA) is 102 Å². The summed E-state index contributed by atoms with van der Waals surface area (Å²) in [6.07, 6.45) is 11.9. The second-order valence-electron chi connectivity index (χ2n) is 8.79. The summed E-state index contributed by atoms with van der Waals surface area (Å²) in [5.74, 6) is -0.788. The number of hydrogen-bond donors (Lipinski definition) is 2. The number of benzene rings is 2. The van der Waals surface area contributed by atoms with Gasteiger partial charge in [-0.1, -0.05) is 107 Å². The zero-order valence-electron chi connectivity index (χ0n) is 24.3. The van der Waals surface area contributed by atoms with Crippen molar-refractivity contribution in [2.45, 2.75) is 66.4 Å². The molecular formula is C33H45NO6. The molecule has 0 bridgehead atoms. The van der Waals surface area contributed by atoms with Crippen molar-refractivity contribution < 1.29 is 29.1 Å². The predicted octanol–water partition coefficient (Wildman–Crippen LogP) is 7.25. The Morgan fingerprint density at radius 3 is 2.30 bits per heavy atom. The van der Waals surface area contributed by atoms with Crippen molar-refractivity contribution >= 4 is 18.3 Å². The van der Waals surface area contributed by atoms with Gasteiger partial charge in [-0.2, -0.15) is 0 Å². The Morgan fingerprint density at radius 1 is 1.02 bits per heavy atom. The second-order valence-corrected chi connectivity index (χ2v) is 8.79. The summed E-state index contributed by atoms with van der Waals surface area (Å²) in [4.78, 5) is 37.7. The minimum Gasteiger partial charge on any atom is -0.478 e. The lowest BCUT2D eigenvalue weighted by Gasteiger charge is -2.12. The monoisotopic (exact) mass is 551 g/mol. The van der Waals surface area contributed by atoms with Crippen LogP contribution in [-0.4, -0.2) is 30.1 Å². The molecule has 0 aliphatic heterocycles. The largest absolute Gasteiger partial charge is 0.478 e. The molecule has 0 saturated carbocycles. The van der Waals surface area contributed by atoms with E-state index in [0.717, 1.165) is 42.4 Å². The number of ether oxygens (including phenoxy) is 1. The van der Waals surface area contributed by atoms with Crippen LogP contribution in [0.2, 0.25) is 0 Å². The molecule has 218 valence electrons. The van der Waals surface area contributed by atoms with Gasteiger partial charge in [-0.05, 0) is 54.0 Å². The van der Waals surface area contributed by atoms with Crippen LogP contribution in [0.1, 0.15) is 74.9 Å². The van der Waals surface area contributed by atoms with Crippen LogP contribution in [0.4, 0.5) is 0 Å². The third kappa shape index (κ3) is 19.2. The Labute approximate surface area is 239 Å². The van der Waals surface area contributed by atoms with Crippen LogP contribution >= 0.6 is 0 Å². The first-order chi connectivity index (χ1) is 19.3. The molecule has 1 atom stereocenters. The summed E-state index contributed by atoms with van der Waals surface area (Å²) in [6.45, 7) is 13.1. The van der Waals surface area contributed by atoms with E-state index >= 15 is 0 Å². The van der Waals surface area contributed by atoms with Crippen LogP contribution in [0.5, 0.6) is 0 Å². The predicted molar refractivity (Wildman–Crippen MR) is 161 cm³/mol. The fourth-order valence-electron chi connectivity index (χ4n) is 3.21. The van der Waals surface area contributed by atoms with Gasteiger partial charge in [0.25, 0.3) is 6.47 Å². The summed E-state index contributed by atoms with van der Waals surface area (Å²) < 4.78 is 4.54. The third-order valence-electron chi connectivity index (χ3n) is 5.29. The molecule has 0 aliphatic rings. The number of unbranched alkanes of at least 4 members (excludes halogenated alkanes) is 1. The SMILES string of the molecule is C=C(/C=C\C=C/CCC)CONC(=O)CCC(C)Cc1ccc(C(=O)O)cc1.CC.O=COCc1ccccc1. The van der Waals surface area contributed by atoms with Crippen molar-refractivity contribution in [1.29, 1.82) is 0 Å². The van der Waals surface area contributed by atoms with Gasteiger partial charge in [-0.15, -0.1) is 0 Å².